The van der Waals surface area contributed by atoms with Crippen LogP contribution in [0.5, 0.6) is 0 Å². The average molecular weight is 370 g/mol. The fraction of sp³-hybridized carbons (Fsp3) is 0.0909. The summed E-state index contributed by atoms with van der Waals surface area (Å²) in [7, 11) is 0. The van der Waals surface area contributed by atoms with Crippen LogP contribution in [0, 0.1) is 18.3 Å². The van der Waals surface area contributed by atoms with E-state index in [1.807, 2.05) is 48.6 Å². The number of hydrogen-bond donors (Lipinski definition) is 1. The molecule has 27 heavy (non-hydrogen) atoms. The number of imidazole rings is 1. The smallest absolute Gasteiger partial charge is 0.171 e. The van der Waals surface area contributed by atoms with Gasteiger partial charge in [-0.2, -0.15) is 5.26 Å². The molecule has 0 bridgehead atoms. The second-order valence-electron chi connectivity index (χ2n) is 6.20. The van der Waals surface area contributed by atoms with Gasteiger partial charge >= 0.3 is 0 Å². The number of fused-ring (bicyclic) bond motifs is 2. The lowest BCUT2D eigenvalue weighted by Crippen LogP contribution is -1.97. The first-order chi connectivity index (χ1) is 13.2. The Morgan fingerprint density at radius 3 is 2.81 bits per heavy atom. The molecule has 2 heterocycles. The van der Waals surface area contributed by atoms with Gasteiger partial charge in [-0.15, -0.1) is 6.58 Å². The van der Waals surface area contributed by atoms with Crippen molar-refractivity contribution < 1.29 is 0 Å². The number of hydrogen-bond acceptors (Lipinski definition) is 3. The van der Waals surface area contributed by atoms with Crippen molar-refractivity contribution in [2.75, 3.05) is 0 Å². The van der Waals surface area contributed by atoms with E-state index < -0.39 is 0 Å². The highest BCUT2D eigenvalue weighted by molar-refractivity contribution is 8.03. The average Bonchev–Trinajstić information content (AvgIpc) is 3.21. The van der Waals surface area contributed by atoms with Gasteiger partial charge in [0.25, 0.3) is 0 Å². The Labute approximate surface area is 161 Å². The number of rotatable bonds is 5. The number of nitrogens with one attached hydrogen (secondary N) is 1. The minimum absolute atomic E-state index is 0.596. The molecule has 0 aliphatic rings. The summed E-state index contributed by atoms with van der Waals surface area (Å²) in [5, 5.41) is 11.5. The van der Waals surface area contributed by atoms with Gasteiger partial charge in [0.1, 0.15) is 6.07 Å². The molecule has 5 heteroatoms. The molecular weight excluding hydrogens is 352 g/mol. The first kappa shape index (κ1) is 17.2. The van der Waals surface area contributed by atoms with Gasteiger partial charge in [-0.05, 0) is 43.0 Å². The van der Waals surface area contributed by atoms with Crippen LogP contribution < -0.4 is 0 Å². The number of H-pyrrole nitrogens is 1. The third-order valence-corrected chi connectivity index (χ3v) is 5.37. The maximum absolute atomic E-state index is 9.69. The molecule has 1 N–H and O–H groups in total. The fourth-order valence-electron chi connectivity index (χ4n) is 3.30. The molecule has 2 aromatic carbocycles. The number of para-hydroxylation sites is 3. The lowest BCUT2D eigenvalue weighted by Gasteiger charge is -2.04. The minimum atomic E-state index is 0.596. The van der Waals surface area contributed by atoms with E-state index in [0.29, 0.717) is 4.91 Å². The van der Waals surface area contributed by atoms with E-state index in [9.17, 15) is 5.26 Å². The molecule has 4 aromatic rings. The third-order valence-electron chi connectivity index (χ3n) is 4.55. The number of aromatic nitrogens is 3. The highest BCUT2D eigenvalue weighted by atomic mass is 32.2. The SMILES string of the molecule is C=CCn1c(C)c(/C=C(\C#N)Sc2nc3ccccc3[nH]2)c2ccccc21. The first-order valence-electron chi connectivity index (χ1n) is 8.64. The standard InChI is InChI=1S/C22H18N4S/c1-3-12-26-15(2)18(17-8-4-7-11-21(17)26)13-16(14-23)27-22-24-19-9-5-6-10-20(19)25-22/h3-11,13H,1,12H2,2H3,(H,24,25)/b16-13+. The van der Waals surface area contributed by atoms with Gasteiger partial charge in [0.05, 0.1) is 15.9 Å². The van der Waals surface area contributed by atoms with Crippen LogP contribution in [0.25, 0.3) is 28.0 Å². The summed E-state index contributed by atoms with van der Waals surface area (Å²) in [6, 6.07) is 18.4. The van der Waals surface area contributed by atoms with Crippen LogP contribution in [0.3, 0.4) is 0 Å². The van der Waals surface area contributed by atoms with Crippen LogP contribution in [0.1, 0.15) is 11.3 Å². The molecule has 0 aliphatic heterocycles. The zero-order valence-corrected chi connectivity index (χ0v) is 15.8. The van der Waals surface area contributed by atoms with E-state index in [4.69, 9.17) is 0 Å². The van der Waals surface area contributed by atoms with Gasteiger partial charge < -0.3 is 9.55 Å². The molecule has 0 saturated heterocycles. The van der Waals surface area contributed by atoms with Crippen molar-refractivity contribution in [3.63, 3.8) is 0 Å². The van der Waals surface area contributed by atoms with E-state index in [2.05, 4.69) is 46.2 Å². The molecule has 4 rings (SSSR count). The number of nitriles is 1. The molecule has 4 nitrogen and oxygen atoms in total. The predicted molar refractivity (Wildman–Crippen MR) is 112 cm³/mol. The number of allylic oxidation sites excluding steroid dienone is 2. The number of aromatic amines is 1. The molecule has 0 aliphatic carbocycles. The van der Waals surface area contributed by atoms with E-state index in [1.165, 1.54) is 11.8 Å². The summed E-state index contributed by atoms with van der Waals surface area (Å²) in [4.78, 5) is 8.42. The van der Waals surface area contributed by atoms with Gasteiger partial charge in [-0.25, -0.2) is 4.98 Å². The Hall–Kier alpha value is -3.23. The molecule has 0 atom stereocenters. The quantitative estimate of drug-likeness (QED) is 0.280. The van der Waals surface area contributed by atoms with Crippen LogP contribution in [0.15, 0.2) is 71.2 Å². The second kappa shape index (κ2) is 7.18. The van der Waals surface area contributed by atoms with E-state index in [-0.39, 0.29) is 0 Å². The van der Waals surface area contributed by atoms with E-state index >= 15 is 0 Å². The summed E-state index contributed by atoms with van der Waals surface area (Å²) in [5.41, 5.74) is 5.20. The Morgan fingerprint density at radius 1 is 1.26 bits per heavy atom. The predicted octanol–water partition coefficient (Wildman–Crippen LogP) is 5.67. The molecule has 0 spiro atoms. The van der Waals surface area contributed by atoms with Crippen molar-refractivity contribution in [1.29, 1.82) is 5.26 Å². The van der Waals surface area contributed by atoms with Crippen molar-refractivity contribution in [3.05, 3.63) is 77.3 Å². The van der Waals surface area contributed by atoms with Crippen molar-refractivity contribution in [2.24, 2.45) is 0 Å². The summed E-state index contributed by atoms with van der Waals surface area (Å²) >= 11 is 1.35. The van der Waals surface area contributed by atoms with Crippen LogP contribution in [-0.2, 0) is 6.54 Å². The van der Waals surface area contributed by atoms with Crippen molar-refractivity contribution in [2.45, 2.75) is 18.6 Å². The number of benzene rings is 2. The Bertz CT molecular complexity index is 1190. The van der Waals surface area contributed by atoms with Crippen molar-refractivity contribution >= 4 is 39.8 Å². The van der Waals surface area contributed by atoms with E-state index in [0.717, 1.165) is 44.9 Å². The molecular formula is C22H18N4S. The highest BCUT2D eigenvalue weighted by Gasteiger charge is 2.13. The summed E-state index contributed by atoms with van der Waals surface area (Å²) in [6.45, 7) is 6.68. The Morgan fingerprint density at radius 2 is 2.04 bits per heavy atom. The maximum Gasteiger partial charge on any atom is 0.171 e. The summed E-state index contributed by atoms with van der Waals surface area (Å²) in [5.74, 6) is 0. The molecule has 0 radical (unpaired) electrons. The molecule has 0 amide bonds. The van der Waals surface area contributed by atoms with Crippen LogP contribution in [0.4, 0.5) is 0 Å². The molecule has 0 fully saturated rings. The lowest BCUT2D eigenvalue weighted by molar-refractivity contribution is 0.828. The topological polar surface area (TPSA) is 57.4 Å². The van der Waals surface area contributed by atoms with E-state index in [1.54, 1.807) is 0 Å². The van der Waals surface area contributed by atoms with Gasteiger partial charge in [0.15, 0.2) is 5.16 Å². The van der Waals surface area contributed by atoms with Crippen molar-refractivity contribution in [3.8, 4) is 6.07 Å². The fourth-order valence-corrected chi connectivity index (χ4v) is 4.04. The van der Waals surface area contributed by atoms with Crippen LogP contribution >= 0.6 is 11.8 Å². The van der Waals surface area contributed by atoms with Gasteiger partial charge in [0, 0.05) is 28.7 Å². The number of nitrogens with zero attached hydrogens (tertiary/aromatic N) is 3. The number of thioether (sulfide) groups is 1. The maximum atomic E-state index is 9.69. The van der Waals surface area contributed by atoms with Gasteiger partial charge in [-0.3, -0.25) is 0 Å². The third kappa shape index (κ3) is 3.16. The largest absolute Gasteiger partial charge is 0.340 e. The zero-order valence-electron chi connectivity index (χ0n) is 14.9. The molecule has 0 saturated carbocycles. The second-order valence-corrected chi connectivity index (χ2v) is 7.23. The molecule has 2 aromatic heterocycles. The Balaban J connectivity index is 1.77. The van der Waals surface area contributed by atoms with Crippen LogP contribution in [-0.4, -0.2) is 14.5 Å². The molecule has 132 valence electrons. The Kier molecular flexibility index (Phi) is 4.57. The van der Waals surface area contributed by atoms with Gasteiger partial charge in [-0.1, -0.05) is 36.4 Å². The summed E-state index contributed by atoms with van der Waals surface area (Å²) in [6.07, 6.45) is 3.84. The summed E-state index contributed by atoms with van der Waals surface area (Å²) < 4.78 is 2.22. The normalized spacial score (nSPS) is 11.8. The minimum Gasteiger partial charge on any atom is -0.340 e. The highest BCUT2D eigenvalue weighted by Crippen LogP contribution is 2.32. The zero-order chi connectivity index (χ0) is 18.8. The monoisotopic (exact) mass is 370 g/mol. The molecule has 0 unspecified atom stereocenters. The van der Waals surface area contributed by atoms with Gasteiger partial charge in [0.2, 0.25) is 0 Å². The lowest BCUT2D eigenvalue weighted by atomic mass is 10.1. The van der Waals surface area contributed by atoms with Crippen LogP contribution in [0.2, 0.25) is 0 Å². The van der Waals surface area contributed by atoms with Crippen molar-refractivity contribution in [1.82, 2.24) is 14.5 Å². The first-order valence-corrected chi connectivity index (χ1v) is 9.46.